The Morgan fingerprint density at radius 2 is 1.82 bits per heavy atom. The third-order valence-corrected chi connectivity index (χ3v) is 1.33. The summed E-state index contributed by atoms with van der Waals surface area (Å²) in [4.78, 5) is 0. The quantitative estimate of drug-likeness (QED) is 0.374. The molecule has 4 N–H and O–H groups in total. The van der Waals surface area contributed by atoms with Crippen LogP contribution in [0.5, 0.6) is 0 Å². The molecule has 4 heteroatoms. The molecule has 0 fully saturated rings. The van der Waals surface area contributed by atoms with Crippen LogP contribution in [0.1, 0.15) is 11.7 Å². The Hall–Kier alpha value is -1.42. The second-order valence-corrected chi connectivity index (χ2v) is 2.09. The molecule has 0 heterocycles. The van der Waals surface area contributed by atoms with Gasteiger partial charge in [-0.1, -0.05) is 35.6 Å². The highest BCUT2D eigenvalue weighted by Gasteiger charge is 2.00. The number of nitrogens with zero attached hydrogens (tertiary/aromatic N) is 2. The zero-order chi connectivity index (χ0) is 8.10. The molecule has 0 spiro atoms. The van der Waals surface area contributed by atoms with E-state index in [4.69, 9.17) is 11.6 Å². The van der Waals surface area contributed by atoms with Gasteiger partial charge in [0.15, 0.2) is 0 Å². The fourth-order valence-electron chi connectivity index (χ4n) is 0.789. The minimum atomic E-state index is -0.443. The van der Waals surface area contributed by atoms with Gasteiger partial charge in [0, 0.05) is 0 Å². The molecule has 11 heavy (non-hydrogen) atoms. The van der Waals surface area contributed by atoms with Crippen LogP contribution in [-0.2, 0) is 0 Å². The minimum absolute atomic E-state index is 0.443. The van der Waals surface area contributed by atoms with Crippen molar-refractivity contribution in [2.24, 2.45) is 21.9 Å². The fraction of sp³-hybridized carbons (Fsp3) is 0.143. The van der Waals surface area contributed by atoms with Gasteiger partial charge in [-0.2, -0.15) is 0 Å². The summed E-state index contributed by atoms with van der Waals surface area (Å²) in [7, 11) is 0. The molecule has 0 aliphatic heterocycles. The lowest BCUT2D eigenvalue weighted by molar-refractivity contribution is 0.704. The highest BCUT2D eigenvalue weighted by Crippen LogP contribution is 2.09. The van der Waals surface area contributed by atoms with Gasteiger partial charge in [-0.15, -0.1) is 5.11 Å². The minimum Gasteiger partial charge on any atom is -0.305 e. The smallest absolute Gasteiger partial charge is 0.146 e. The summed E-state index contributed by atoms with van der Waals surface area (Å²) >= 11 is 0. The Kier molecular flexibility index (Phi) is 2.57. The predicted octanol–water partition coefficient (Wildman–Crippen LogP) is 0.970. The summed E-state index contributed by atoms with van der Waals surface area (Å²) in [5.74, 6) is 4.85. The summed E-state index contributed by atoms with van der Waals surface area (Å²) < 4.78 is 0. The van der Waals surface area contributed by atoms with Crippen molar-refractivity contribution >= 4 is 0 Å². The van der Waals surface area contributed by atoms with Gasteiger partial charge in [0.05, 0.1) is 0 Å². The first kappa shape index (κ1) is 7.68. The van der Waals surface area contributed by atoms with Gasteiger partial charge in [0.1, 0.15) is 6.17 Å². The number of benzene rings is 1. The first-order chi connectivity index (χ1) is 5.34. The lowest BCUT2D eigenvalue weighted by Gasteiger charge is -2.02. The first-order valence-electron chi connectivity index (χ1n) is 3.25. The fourth-order valence-corrected chi connectivity index (χ4v) is 0.789. The van der Waals surface area contributed by atoms with Crippen molar-refractivity contribution in [1.29, 1.82) is 0 Å². The van der Waals surface area contributed by atoms with Crippen molar-refractivity contribution in [3.63, 3.8) is 0 Å². The Morgan fingerprint density at radius 1 is 1.18 bits per heavy atom. The highest BCUT2D eigenvalue weighted by atomic mass is 15.3. The predicted molar refractivity (Wildman–Crippen MR) is 42.4 cm³/mol. The molecule has 1 aromatic rings. The molecule has 0 saturated carbocycles. The Bertz CT molecular complexity index is 231. The largest absolute Gasteiger partial charge is 0.305 e. The van der Waals surface area contributed by atoms with Crippen LogP contribution in [0.4, 0.5) is 0 Å². The second kappa shape index (κ2) is 3.68. The van der Waals surface area contributed by atoms with Gasteiger partial charge < -0.3 is 11.6 Å². The lowest BCUT2D eigenvalue weighted by Crippen LogP contribution is -2.06. The van der Waals surface area contributed by atoms with E-state index in [0.717, 1.165) is 5.56 Å². The van der Waals surface area contributed by atoms with Crippen LogP contribution < -0.4 is 11.6 Å². The molecule has 58 valence electrons. The summed E-state index contributed by atoms with van der Waals surface area (Å²) in [6, 6.07) is 9.44. The van der Waals surface area contributed by atoms with E-state index in [1.165, 1.54) is 0 Å². The van der Waals surface area contributed by atoms with E-state index >= 15 is 0 Å². The van der Waals surface area contributed by atoms with E-state index in [9.17, 15) is 0 Å². The molecule has 0 aromatic heterocycles. The maximum atomic E-state index is 5.57. The third kappa shape index (κ3) is 2.01. The molecule has 0 aliphatic carbocycles. The SMILES string of the molecule is NN=NC(N)c1ccccc1. The average Bonchev–Trinajstić information content (AvgIpc) is 2.07. The standard InChI is InChI=1S/C7H10N4/c8-7(10-11-9)6-4-2-1-3-5-6/h1-5,7H,8H2,(H2,9,10). The monoisotopic (exact) mass is 150 g/mol. The van der Waals surface area contributed by atoms with E-state index in [1.807, 2.05) is 30.3 Å². The summed E-state index contributed by atoms with van der Waals surface area (Å²) in [5, 5.41) is 6.69. The third-order valence-electron chi connectivity index (χ3n) is 1.33. The second-order valence-electron chi connectivity index (χ2n) is 2.09. The maximum absolute atomic E-state index is 5.57. The summed E-state index contributed by atoms with van der Waals surface area (Å²) in [6.45, 7) is 0. The van der Waals surface area contributed by atoms with Gasteiger partial charge in [0.2, 0.25) is 0 Å². The Morgan fingerprint density at radius 3 is 2.36 bits per heavy atom. The van der Waals surface area contributed by atoms with Crippen LogP contribution in [0.2, 0.25) is 0 Å². The molecular formula is C7H10N4. The molecule has 4 nitrogen and oxygen atoms in total. The molecule has 0 amide bonds. The number of nitrogens with two attached hydrogens (primary N) is 2. The van der Waals surface area contributed by atoms with Crippen molar-refractivity contribution in [2.45, 2.75) is 6.17 Å². The zero-order valence-electron chi connectivity index (χ0n) is 6.01. The van der Waals surface area contributed by atoms with Crippen molar-refractivity contribution in [3.8, 4) is 0 Å². The number of hydrogen-bond acceptors (Lipinski definition) is 3. The van der Waals surface area contributed by atoms with Crippen LogP contribution in [-0.4, -0.2) is 0 Å². The highest BCUT2D eigenvalue weighted by molar-refractivity contribution is 5.17. The van der Waals surface area contributed by atoms with Gasteiger partial charge in [-0.3, -0.25) is 0 Å². The van der Waals surface area contributed by atoms with Crippen LogP contribution in [0, 0.1) is 0 Å². The summed E-state index contributed by atoms with van der Waals surface area (Å²) in [6.07, 6.45) is -0.443. The van der Waals surface area contributed by atoms with Crippen molar-refractivity contribution in [2.75, 3.05) is 0 Å². The van der Waals surface area contributed by atoms with Crippen molar-refractivity contribution in [1.82, 2.24) is 0 Å². The van der Waals surface area contributed by atoms with Crippen molar-refractivity contribution in [3.05, 3.63) is 35.9 Å². The Labute approximate surface area is 64.9 Å². The first-order valence-corrected chi connectivity index (χ1v) is 3.25. The average molecular weight is 150 g/mol. The van der Waals surface area contributed by atoms with Crippen LogP contribution in [0.25, 0.3) is 0 Å². The topological polar surface area (TPSA) is 76.8 Å². The molecule has 1 rings (SSSR count). The Balaban J connectivity index is 2.76. The number of hydrogen-bond donors (Lipinski definition) is 2. The number of rotatable bonds is 2. The van der Waals surface area contributed by atoms with Gasteiger partial charge in [-0.05, 0) is 5.56 Å². The summed E-state index contributed by atoms with van der Waals surface area (Å²) in [5.41, 5.74) is 6.47. The van der Waals surface area contributed by atoms with Crippen LogP contribution >= 0.6 is 0 Å². The van der Waals surface area contributed by atoms with Gasteiger partial charge >= 0.3 is 0 Å². The van der Waals surface area contributed by atoms with Crippen molar-refractivity contribution < 1.29 is 0 Å². The van der Waals surface area contributed by atoms with E-state index in [-0.39, 0.29) is 0 Å². The molecular weight excluding hydrogens is 140 g/mol. The molecule has 0 radical (unpaired) electrons. The van der Waals surface area contributed by atoms with Gasteiger partial charge in [0.25, 0.3) is 0 Å². The van der Waals surface area contributed by atoms with E-state index in [1.54, 1.807) is 0 Å². The molecule has 0 bridgehead atoms. The van der Waals surface area contributed by atoms with Gasteiger partial charge in [-0.25, -0.2) is 0 Å². The normalized spacial score (nSPS) is 13.5. The molecule has 1 aromatic carbocycles. The zero-order valence-corrected chi connectivity index (χ0v) is 6.01. The van der Waals surface area contributed by atoms with Crippen LogP contribution in [0.3, 0.4) is 0 Å². The van der Waals surface area contributed by atoms with Crippen LogP contribution in [0.15, 0.2) is 40.7 Å². The van der Waals surface area contributed by atoms with E-state index in [2.05, 4.69) is 10.3 Å². The van der Waals surface area contributed by atoms with E-state index in [0.29, 0.717) is 0 Å². The lowest BCUT2D eigenvalue weighted by atomic mass is 10.2. The molecule has 0 saturated heterocycles. The molecule has 1 unspecified atom stereocenters. The van der Waals surface area contributed by atoms with E-state index < -0.39 is 6.17 Å². The maximum Gasteiger partial charge on any atom is 0.146 e. The molecule has 0 aliphatic rings. The molecule has 1 atom stereocenters.